The van der Waals surface area contributed by atoms with E-state index in [1.54, 1.807) is 12.1 Å². The molecule has 0 bridgehead atoms. The van der Waals surface area contributed by atoms with Crippen LogP contribution in [0.3, 0.4) is 0 Å². The summed E-state index contributed by atoms with van der Waals surface area (Å²) in [5.74, 6) is -0.208. The molecule has 0 aromatic heterocycles. The van der Waals surface area contributed by atoms with Gasteiger partial charge in [-0.25, -0.2) is 17.9 Å². The average molecular weight is 379 g/mol. The first-order valence-corrected chi connectivity index (χ1v) is 9.63. The zero-order valence-corrected chi connectivity index (χ0v) is 14.6. The van der Waals surface area contributed by atoms with Gasteiger partial charge in [-0.2, -0.15) is 0 Å². The van der Waals surface area contributed by atoms with Crippen LogP contribution in [0, 0.1) is 15.9 Å². The lowest BCUT2D eigenvalue weighted by Gasteiger charge is -2.23. The van der Waals surface area contributed by atoms with Crippen LogP contribution < -0.4 is 10.5 Å². The molecule has 1 saturated carbocycles. The van der Waals surface area contributed by atoms with Gasteiger partial charge in [-0.15, -0.1) is 0 Å². The van der Waals surface area contributed by atoms with Crippen LogP contribution in [0.1, 0.15) is 30.7 Å². The number of sulfonamides is 1. The Morgan fingerprint density at radius 1 is 1.15 bits per heavy atom. The molecule has 0 spiro atoms. The number of nitrogens with one attached hydrogen (secondary N) is 1. The van der Waals surface area contributed by atoms with Crippen LogP contribution in [0.2, 0.25) is 0 Å². The van der Waals surface area contributed by atoms with Crippen molar-refractivity contribution in [2.45, 2.75) is 36.1 Å². The number of nitrogens with zero attached hydrogens (tertiary/aromatic N) is 1. The summed E-state index contributed by atoms with van der Waals surface area (Å²) in [5.41, 5.74) is 0.941. The van der Waals surface area contributed by atoms with Gasteiger partial charge in [0.05, 0.1) is 9.82 Å². The average Bonchev–Trinajstić information content (AvgIpc) is 3.02. The van der Waals surface area contributed by atoms with Crippen molar-refractivity contribution in [1.29, 1.82) is 0 Å². The highest BCUT2D eigenvalue weighted by Crippen LogP contribution is 2.37. The van der Waals surface area contributed by atoms with Crippen molar-refractivity contribution in [1.82, 2.24) is 0 Å². The van der Waals surface area contributed by atoms with Crippen LogP contribution in [0.15, 0.2) is 47.4 Å². The van der Waals surface area contributed by atoms with Gasteiger partial charge in [0.15, 0.2) is 0 Å². The molecule has 7 nitrogen and oxygen atoms in total. The highest BCUT2D eigenvalue weighted by atomic mass is 32.2. The van der Waals surface area contributed by atoms with Gasteiger partial charge in [0.1, 0.15) is 5.82 Å². The second kappa shape index (κ2) is 7.00. The molecule has 138 valence electrons. The van der Waals surface area contributed by atoms with Crippen LogP contribution in [-0.2, 0) is 10.0 Å². The summed E-state index contributed by atoms with van der Waals surface area (Å²) in [6.45, 7) is 0. The number of nitro groups is 1. The lowest BCUT2D eigenvalue weighted by molar-refractivity contribution is -0.385. The Balaban J connectivity index is 1.90. The molecule has 3 rings (SSSR count). The predicted octanol–water partition coefficient (Wildman–Crippen LogP) is 3.13. The zero-order valence-electron chi connectivity index (χ0n) is 13.8. The fourth-order valence-corrected chi connectivity index (χ4v) is 3.97. The molecular formula is C17H18FN3O4S. The van der Waals surface area contributed by atoms with Crippen molar-refractivity contribution in [2.75, 3.05) is 5.32 Å². The number of nitro benzene ring substituents is 1. The van der Waals surface area contributed by atoms with Crippen molar-refractivity contribution in [3.8, 4) is 0 Å². The second-order valence-electron chi connectivity index (χ2n) is 6.36. The van der Waals surface area contributed by atoms with Crippen LogP contribution >= 0.6 is 0 Å². The van der Waals surface area contributed by atoms with Gasteiger partial charge in [0, 0.05) is 29.8 Å². The number of hydrogen-bond donors (Lipinski definition) is 2. The van der Waals surface area contributed by atoms with E-state index < -0.39 is 14.9 Å². The third-order valence-electron chi connectivity index (χ3n) is 4.60. The lowest BCUT2D eigenvalue weighted by atomic mass is 9.94. The number of halogens is 1. The third kappa shape index (κ3) is 4.00. The Hall–Kier alpha value is -2.52. The number of non-ortho nitro benzene ring substituents is 1. The maximum atomic E-state index is 13.1. The Kier molecular flexibility index (Phi) is 4.92. The molecule has 0 radical (unpaired) electrons. The Labute approximate surface area is 150 Å². The summed E-state index contributed by atoms with van der Waals surface area (Å²) in [7, 11) is -4.07. The fourth-order valence-electron chi connectivity index (χ4n) is 3.39. The Morgan fingerprint density at radius 3 is 2.46 bits per heavy atom. The summed E-state index contributed by atoms with van der Waals surface area (Å²) in [6.07, 6.45) is 2.65. The highest BCUT2D eigenvalue weighted by molar-refractivity contribution is 7.89. The van der Waals surface area contributed by atoms with Gasteiger partial charge in [0.25, 0.3) is 5.69 Å². The smallest absolute Gasteiger partial charge is 0.272 e. The maximum absolute atomic E-state index is 13.1. The van der Waals surface area contributed by atoms with Crippen LogP contribution in [0.25, 0.3) is 0 Å². The molecule has 2 unspecified atom stereocenters. The quantitative estimate of drug-likeness (QED) is 0.612. The molecule has 3 N–H and O–H groups in total. The van der Waals surface area contributed by atoms with Crippen molar-refractivity contribution in [2.24, 2.45) is 5.14 Å². The second-order valence-corrected chi connectivity index (χ2v) is 7.92. The monoisotopic (exact) mass is 379 g/mol. The van der Waals surface area contributed by atoms with Gasteiger partial charge >= 0.3 is 0 Å². The van der Waals surface area contributed by atoms with Crippen molar-refractivity contribution in [3.63, 3.8) is 0 Å². The van der Waals surface area contributed by atoms with Crippen molar-refractivity contribution >= 4 is 21.4 Å². The molecule has 1 fully saturated rings. The van der Waals surface area contributed by atoms with E-state index in [0.29, 0.717) is 5.69 Å². The van der Waals surface area contributed by atoms with E-state index in [9.17, 15) is 22.9 Å². The van der Waals surface area contributed by atoms with E-state index in [4.69, 9.17) is 5.14 Å². The highest BCUT2D eigenvalue weighted by Gasteiger charge is 2.29. The molecule has 1 aliphatic rings. The molecule has 9 heteroatoms. The van der Waals surface area contributed by atoms with E-state index in [1.807, 2.05) is 0 Å². The van der Waals surface area contributed by atoms with E-state index in [0.717, 1.165) is 30.9 Å². The summed E-state index contributed by atoms with van der Waals surface area (Å²) in [4.78, 5) is 10.1. The number of hydrogen-bond acceptors (Lipinski definition) is 5. The van der Waals surface area contributed by atoms with E-state index in [1.165, 1.54) is 24.3 Å². The van der Waals surface area contributed by atoms with E-state index in [2.05, 4.69) is 5.32 Å². The van der Waals surface area contributed by atoms with Crippen LogP contribution in [0.5, 0.6) is 0 Å². The van der Waals surface area contributed by atoms with Gasteiger partial charge < -0.3 is 5.32 Å². The largest absolute Gasteiger partial charge is 0.381 e. The van der Waals surface area contributed by atoms with Crippen LogP contribution in [-0.4, -0.2) is 19.4 Å². The number of nitrogens with two attached hydrogens (primary N) is 1. The molecule has 0 aliphatic heterocycles. The van der Waals surface area contributed by atoms with Crippen LogP contribution in [0.4, 0.5) is 15.8 Å². The molecule has 2 aromatic rings. The molecule has 0 heterocycles. The fraction of sp³-hybridized carbons (Fsp3) is 0.294. The molecule has 0 amide bonds. The minimum Gasteiger partial charge on any atom is -0.381 e. The summed E-state index contributed by atoms with van der Waals surface area (Å²) in [5, 5.41) is 19.4. The minimum atomic E-state index is -4.07. The molecule has 1 aliphatic carbocycles. The first-order chi connectivity index (χ1) is 12.2. The Morgan fingerprint density at radius 2 is 1.85 bits per heavy atom. The molecular weight excluding hydrogens is 361 g/mol. The topological polar surface area (TPSA) is 115 Å². The summed E-state index contributed by atoms with van der Waals surface area (Å²) < 4.78 is 36.4. The maximum Gasteiger partial charge on any atom is 0.272 e. The van der Waals surface area contributed by atoms with Gasteiger partial charge in [-0.1, -0.05) is 18.6 Å². The van der Waals surface area contributed by atoms with Crippen molar-refractivity contribution < 1.29 is 17.7 Å². The lowest BCUT2D eigenvalue weighted by Crippen LogP contribution is -2.23. The predicted molar refractivity (Wildman–Crippen MR) is 94.9 cm³/mol. The van der Waals surface area contributed by atoms with Crippen molar-refractivity contribution in [3.05, 3.63) is 64.0 Å². The zero-order chi connectivity index (χ0) is 18.9. The molecule has 26 heavy (non-hydrogen) atoms. The number of primary sulfonamides is 1. The first kappa shape index (κ1) is 18.3. The standard InChI is InChI=1S/C17H18FN3O4S/c18-12-6-4-11(5-7-12)16-2-1-3-17(16)20-13-8-14(21(22)23)10-15(9-13)26(19,24)25/h4-10,16-17,20H,1-3H2,(H2,19,24,25). The third-order valence-corrected chi connectivity index (χ3v) is 5.49. The number of benzene rings is 2. The summed E-state index contributed by atoms with van der Waals surface area (Å²) in [6, 6.07) is 9.72. The molecule has 2 atom stereocenters. The van der Waals surface area contributed by atoms with Gasteiger partial charge in [0.2, 0.25) is 10.0 Å². The molecule has 2 aromatic carbocycles. The van der Waals surface area contributed by atoms with Gasteiger partial charge in [-0.05, 0) is 36.6 Å². The number of anilines is 1. The molecule has 0 saturated heterocycles. The summed E-state index contributed by atoms with van der Waals surface area (Å²) >= 11 is 0. The van der Waals surface area contributed by atoms with E-state index >= 15 is 0 Å². The number of rotatable bonds is 5. The SMILES string of the molecule is NS(=O)(=O)c1cc(NC2CCCC2c2ccc(F)cc2)cc([N+](=O)[O-])c1. The van der Waals surface area contributed by atoms with Gasteiger partial charge in [-0.3, -0.25) is 10.1 Å². The normalized spacial score (nSPS) is 20.1. The first-order valence-electron chi connectivity index (χ1n) is 8.08. The Bertz CT molecular complexity index is 932. The van der Waals surface area contributed by atoms with E-state index in [-0.39, 0.29) is 28.4 Å². The minimum absolute atomic E-state index is 0.0456.